The van der Waals surface area contributed by atoms with Gasteiger partial charge < -0.3 is 11.1 Å². The van der Waals surface area contributed by atoms with Crippen molar-refractivity contribution in [3.63, 3.8) is 0 Å². The summed E-state index contributed by atoms with van der Waals surface area (Å²) in [5.41, 5.74) is 7.87. The van der Waals surface area contributed by atoms with Crippen LogP contribution in [0.4, 0.5) is 0 Å². The summed E-state index contributed by atoms with van der Waals surface area (Å²) < 4.78 is 0. The molecule has 1 aromatic rings. The molecule has 0 bridgehead atoms. The predicted molar refractivity (Wildman–Crippen MR) is 60.1 cm³/mol. The third kappa shape index (κ3) is 1.91. The molecule has 2 rings (SSSR count). The molecule has 0 spiro atoms. The van der Waals surface area contributed by atoms with Gasteiger partial charge in [0.2, 0.25) is 5.91 Å². The first-order valence-corrected chi connectivity index (χ1v) is 4.77. The number of carbonyl (C=O) groups is 1. The molecular weight excluding hydrogens is 188 g/mol. The Bertz CT molecular complexity index is 447. The van der Waals surface area contributed by atoms with Crippen LogP contribution in [-0.4, -0.2) is 12.5 Å². The molecule has 0 unspecified atom stereocenters. The van der Waals surface area contributed by atoms with E-state index in [1.807, 2.05) is 36.6 Å². The largest absolute Gasteiger partial charge is 0.387 e. The Morgan fingerprint density at radius 2 is 2.13 bits per heavy atom. The summed E-state index contributed by atoms with van der Waals surface area (Å²) in [4.78, 5) is 11.2. The smallest absolute Gasteiger partial charge is 0.249 e. The second kappa shape index (κ2) is 4.00. The molecule has 0 atom stereocenters. The Morgan fingerprint density at radius 1 is 1.33 bits per heavy atom. The van der Waals surface area contributed by atoms with E-state index in [1.165, 1.54) is 0 Å². The lowest BCUT2D eigenvalue weighted by Crippen LogP contribution is -2.17. The van der Waals surface area contributed by atoms with Crippen LogP contribution in [0, 0.1) is 0 Å². The van der Waals surface area contributed by atoms with Crippen LogP contribution < -0.4 is 11.1 Å². The molecule has 1 aromatic carbocycles. The number of hydrogen-bond donors (Lipinski definition) is 2. The van der Waals surface area contributed by atoms with E-state index in [0.717, 1.165) is 17.7 Å². The van der Waals surface area contributed by atoms with Gasteiger partial charge in [-0.3, -0.25) is 4.79 Å². The van der Waals surface area contributed by atoms with Gasteiger partial charge in [0, 0.05) is 12.1 Å². The number of primary amides is 1. The molecule has 1 amide bonds. The van der Waals surface area contributed by atoms with Crippen LogP contribution in [0.15, 0.2) is 42.6 Å². The van der Waals surface area contributed by atoms with Crippen molar-refractivity contribution < 1.29 is 4.79 Å². The molecule has 76 valence electrons. The first kappa shape index (κ1) is 9.52. The quantitative estimate of drug-likeness (QED) is 0.755. The minimum absolute atomic E-state index is 0.388. The normalized spacial score (nSPS) is 14.3. The maximum atomic E-state index is 11.2. The van der Waals surface area contributed by atoms with Gasteiger partial charge in [-0.05, 0) is 29.5 Å². The van der Waals surface area contributed by atoms with Crippen LogP contribution in [0.5, 0.6) is 0 Å². The number of nitrogens with two attached hydrogens (primary N) is 1. The van der Waals surface area contributed by atoms with Gasteiger partial charge in [-0.1, -0.05) is 24.3 Å². The highest BCUT2D eigenvalue weighted by Crippen LogP contribution is 2.19. The Labute approximate surface area is 88.3 Å². The molecule has 0 aromatic heterocycles. The van der Waals surface area contributed by atoms with Gasteiger partial charge in [0.15, 0.2) is 0 Å². The summed E-state index contributed by atoms with van der Waals surface area (Å²) in [6.07, 6.45) is 5.77. The Kier molecular flexibility index (Phi) is 2.54. The summed E-state index contributed by atoms with van der Waals surface area (Å²) in [6.45, 7) is 0.723. The Balaban J connectivity index is 2.47. The van der Waals surface area contributed by atoms with Crippen molar-refractivity contribution in [1.29, 1.82) is 0 Å². The van der Waals surface area contributed by atoms with Crippen molar-refractivity contribution in [2.24, 2.45) is 5.73 Å². The number of amides is 1. The van der Waals surface area contributed by atoms with Crippen LogP contribution in [-0.2, 0) is 0 Å². The number of nitrogens with one attached hydrogen (secondary N) is 1. The van der Waals surface area contributed by atoms with Crippen molar-refractivity contribution in [2.75, 3.05) is 6.54 Å². The highest BCUT2D eigenvalue weighted by Gasteiger charge is 2.11. The van der Waals surface area contributed by atoms with E-state index in [1.54, 1.807) is 6.07 Å². The van der Waals surface area contributed by atoms with Crippen molar-refractivity contribution >= 4 is 11.5 Å². The zero-order valence-corrected chi connectivity index (χ0v) is 8.23. The summed E-state index contributed by atoms with van der Waals surface area (Å²) in [5.74, 6) is -0.388. The fraction of sp³-hybridized carbons (Fsp3) is 0.0833. The molecule has 0 saturated carbocycles. The Hall–Kier alpha value is -2.03. The summed E-state index contributed by atoms with van der Waals surface area (Å²) >= 11 is 0. The lowest BCUT2D eigenvalue weighted by Gasteiger charge is -2.13. The number of allylic oxidation sites excluding steroid dienone is 2. The van der Waals surface area contributed by atoms with E-state index >= 15 is 0 Å². The van der Waals surface area contributed by atoms with E-state index in [-0.39, 0.29) is 5.91 Å². The molecule has 1 aliphatic rings. The van der Waals surface area contributed by atoms with Gasteiger partial charge in [0.05, 0.1) is 0 Å². The summed E-state index contributed by atoms with van der Waals surface area (Å²) in [6, 6.07) is 7.38. The van der Waals surface area contributed by atoms with E-state index in [2.05, 4.69) is 5.32 Å². The second-order valence-corrected chi connectivity index (χ2v) is 3.34. The minimum Gasteiger partial charge on any atom is -0.387 e. The average molecular weight is 200 g/mol. The highest BCUT2D eigenvalue weighted by atomic mass is 16.1. The van der Waals surface area contributed by atoms with Crippen molar-refractivity contribution in [3.8, 4) is 0 Å². The number of hydrogen-bond acceptors (Lipinski definition) is 2. The monoisotopic (exact) mass is 200 g/mol. The third-order valence-corrected chi connectivity index (χ3v) is 2.34. The lowest BCUT2D eigenvalue weighted by molar-refractivity contribution is 0.1000. The molecule has 3 N–H and O–H groups in total. The number of dihydropyridines is 1. The molecule has 3 heteroatoms. The van der Waals surface area contributed by atoms with Gasteiger partial charge in [-0.2, -0.15) is 0 Å². The molecule has 0 radical (unpaired) electrons. The van der Waals surface area contributed by atoms with Gasteiger partial charge >= 0.3 is 0 Å². The molecule has 0 fully saturated rings. The minimum atomic E-state index is -0.388. The van der Waals surface area contributed by atoms with Crippen LogP contribution in [0.1, 0.15) is 15.9 Å². The van der Waals surface area contributed by atoms with E-state index < -0.39 is 0 Å². The molecular formula is C12H12N2O. The van der Waals surface area contributed by atoms with Gasteiger partial charge in [0.1, 0.15) is 0 Å². The first-order valence-electron chi connectivity index (χ1n) is 4.77. The van der Waals surface area contributed by atoms with E-state index in [0.29, 0.717) is 5.56 Å². The number of rotatable bonds is 2. The zero-order valence-electron chi connectivity index (χ0n) is 8.23. The second-order valence-electron chi connectivity index (χ2n) is 3.34. The van der Waals surface area contributed by atoms with Crippen LogP contribution in [0.2, 0.25) is 0 Å². The van der Waals surface area contributed by atoms with E-state index in [4.69, 9.17) is 5.73 Å². The fourth-order valence-corrected chi connectivity index (χ4v) is 1.62. The zero-order chi connectivity index (χ0) is 10.7. The predicted octanol–water partition coefficient (Wildman–Crippen LogP) is 1.29. The maximum Gasteiger partial charge on any atom is 0.249 e. The average Bonchev–Trinajstić information content (AvgIpc) is 2.30. The van der Waals surface area contributed by atoms with E-state index in [9.17, 15) is 4.79 Å². The fourth-order valence-electron chi connectivity index (χ4n) is 1.62. The molecule has 0 aliphatic carbocycles. The Morgan fingerprint density at radius 3 is 2.80 bits per heavy atom. The van der Waals surface area contributed by atoms with Gasteiger partial charge in [-0.25, -0.2) is 0 Å². The van der Waals surface area contributed by atoms with Crippen LogP contribution in [0.3, 0.4) is 0 Å². The third-order valence-electron chi connectivity index (χ3n) is 2.34. The van der Waals surface area contributed by atoms with Crippen molar-refractivity contribution in [3.05, 3.63) is 53.7 Å². The highest BCUT2D eigenvalue weighted by molar-refractivity contribution is 5.98. The summed E-state index contributed by atoms with van der Waals surface area (Å²) in [7, 11) is 0. The number of benzene rings is 1. The molecule has 0 saturated heterocycles. The molecule has 1 heterocycles. The molecule has 1 aliphatic heterocycles. The van der Waals surface area contributed by atoms with Crippen LogP contribution >= 0.6 is 0 Å². The number of carbonyl (C=O) groups excluding carboxylic acids is 1. The standard InChI is InChI=1S/C12H12N2O/c13-12(15)11-6-2-1-5-10(11)9-4-3-7-14-8-9/h1-7,14H,8H2,(H2,13,15). The van der Waals surface area contributed by atoms with Crippen molar-refractivity contribution in [1.82, 2.24) is 5.32 Å². The van der Waals surface area contributed by atoms with Gasteiger partial charge in [-0.15, -0.1) is 0 Å². The maximum absolute atomic E-state index is 11.2. The van der Waals surface area contributed by atoms with Crippen molar-refractivity contribution in [2.45, 2.75) is 0 Å². The topological polar surface area (TPSA) is 55.1 Å². The van der Waals surface area contributed by atoms with Crippen LogP contribution in [0.25, 0.3) is 5.57 Å². The van der Waals surface area contributed by atoms with Gasteiger partial charge in [0.25, 0.3) is 0 Å². The molecule has 15 heavy (non-hydrogen) atoms. The SMILES string of the molecule is NC(=O)c1ccccc1C1=CC=CNC1. The first-order chi connectivity index (χ1) is 7.29. The summed E-state index contributed by atoms with van der Waals surface area (Å²) in [5, 5.41) is 3.10. The molecule has 3 nitrogen and oxygen atoms in total. The lowest BCUT2D eigenvalue weighted by atomic mass is 9.98.